The molecule has 0 fully saturated rings. The summed E-state index contributed by atoms with van der Waals surface area (Å²) in [4.78, 5) is 0. The maximum Gasteiger partial charge on any atom is 0.0406 e. The zero-order chi connectivity index (χ0) is 12.3. The zero-order valence-electron chi connectivity index (χ0n) is 11.1. The average molecular weight is 220 g/mol. The highest BCUT2D eigenvalue weighted by molar-refractivity contribution is 5.56. The van der Waals surface area contributed by atoms with Crippen molar-refractivity contribution in [3.05, 3.63) is 28.8 Å². The van der Waals surface area contributed by atoms with Gasteiger partial charge < -0.3 is 11.1 Å². The van der Waals surface area contributed by atoms with Crippen LogP contribution in [-0.4, -0.2) is 12.6 Å². The van der Waals surface area contributed by atoms with Crippen LogP contribution in [0.3, 0.4) is 0 Å². The van der Waals surface area contributed by atoms with Gasteiger partial charge in [0, 0.05) is 18.3 Å². The molecule has 90 valence electrons. The second kappa shape index (κ2) is 5.35. The van der Waals surface area contributed by atoms with Crippen LogP contribution in [-0.2, 0) is 0 Å². The molecule has 3 N–H and O–H groups in total. The number of nitrogens with one attached hydrogen (secondary N) is 1. The normalized spacial score (nSPS) is 12.9. The molecule has 2 nitrogen and oxygen atoms in total. The molecule has 0 bridgehead atoms. The van der Waals surface area contributed by atoms with E-state index >= 15 is 0 Å². The van der Waals surface area contributed by atoms with Gasteiger partial charge in [0.2, 0.25) is 0 Å². The highest BCUT2D eigenvalue weighted by Crippen LogP contribution is 2.23. The van der Waals surface area contributed by atoms with Gasteiger partial charge in [0.05, 0.1) is 0 Å². The monoisotopic (exact) mass is 220 g/mol. The Kier molecular flexibility index (Phi) is 4.36. The fourth-order valence-electron chi connectivity index (χ4n) is 1.81. The van der Waals surface area contributed by atoms with Crippen LogP contribution in [0.1, 0.15) is 30.5 Å². The Morgan fingerprint density at radius 2 is 1.75 bits per heavy atom. The predicted octanol–water partition coefficient (Wildman–Crippen LogP) is 3.01. The van der Waals surface area contributed by atoms with E-state index in [1.54, 1.807) is 0 Å². The van der Waals surface area contributed by atoms with Crippen LogP contribution in [0.4, 0.5) is 5.69 Å². The molecule has 1 aromatic carbocycles. The minimum Gasteiger partial charge on any atom is -0.381 e. The molecule has 1 aromatic rings. The van der Waals surface area contributed by atoms with Gasteiger partial charge in [-0.05, 0) is 49.4 Å². The quantitative estimate of drug-likeness (QED) is 0.818. The third-order valence-electron chi connectivity index (χ3n) is 3.46. The van der Waals surface area contributed by atoms with Gasteiger partial charge in [-0.1, -0.05) is 19.9 Å². The average Bonchev–Trinajstić information content (AvgIpc) is 2.25. The molecule has 0 aliphatic heterocycles. The van der Waals surface area contributed by atoms with Crippen LogP contribution in [0.15, 0.2) is 12.1 Å². The molecule has 2 heteroatoms. The molecule has 0 aliphatic carbocycles. The van der Waals surface area contributed by atoms with E-state index in [0.29, 0.717) is 18.5 Å². The third kappa shape index (κ3) is 2.76. The number of aryl methyl sites for hydroxylation is 1. The van der Waals surface area contributed by atoms with E-state index in [1.165, 1.54) is 22.4 Å². The van der Waals surface area contributed by atoms with Crippen molar-refractivity contribution >= 4 is 5.69 Å². The summed E-state index contributed by atoms with van der Waals surface area (Å²) in [7, 11) is 0. The van der Waals surface area contributed by atoms with Gasteiger partial charge in [0.15, 0.2) is 0 Å². The van der Waals surface area contributed by atoms with Gasteiger partial charge >= 0.3 is 0 Å². The molecule has 0 saturated carbocycles. The number of anilines is 1. The molecule has 1 unspecified atom stereocenters. The van der Waals surface area contributed by atoms with E-state index in [4.69, 9.17) is 5.73 Å². The Labute approximate surface area is 99.2 Å². The lowest BCUT2D eigenvalue weighted by atomic mass is 10.00. The van der Waals surface area contributed by atoms with Gasteiger partial charge in [-0.15, -0.1) is 0 Å². The maximum absolute atomic E-state index is 5.78. The smallest absolute Gasteiger partial charge is 0.0406 e. The Morgan fingerprint density at radius 1 is 1.12 bits per heavy atom. The molecule has 0 heterocycles. The largest absolute Gasteiger partial charge is 0.381 e. The van der Waals surface area contributed by atoms with Crippen molar-refractivity contribution < 1.29 is 0 Å². The van der Waals surface area contributed by atoms with Crippen molar-refractivity contribution in [2.75, 3.05) is 11.9 Å². The molecular formula is C14H24N2. The van der Waals surface area contributed by atoms with Gasteiger partial charge in [-0.2, -0.15) is 0 Å². The molecule has 0 amide bonds. The summed E-state index contributed by atoms with van der Waals surface area (Å²) in [6.45, 7) is 11.5. The summed E-state index contributed by atoms with van der Waals surface area (Å²) in [6, 6.07) is 4.67. The lowest BCUT2D eigenvalue weighted by Crippen LogP contribution is -2.34. The summed E-state index contributed by atoms with van der Waals surface area (Å²) in [5, 5.41) is 3.54. The third-order valence-corrected chi connectivity index (χ3v) is 3.46. The highest BCUT2D eigenvalue weighted by atomic mass is 14.9. The molecular weight excluding hydrogens is 196 g/mol. The summed E-state index contributed by atoms with van der Waals surface area (Å²) in [5.41, 5.74) is 11.0. The lowest BCUT2D eigenvalue weighted by Gasteiger charge is -2.24. The van der Waals surface area contributed by atoms with Crippen LogP contribution < -0.4 is 11.1 Å². The second-order valence-electron chi connectivity index (χ2n) is 4.91. The van der Waals surface area contributed by atoms with E-state index in [1.807, 2.05) is 0 Å². The standard InChI is InChI=1S/C14H24N2/c1-9(2)14(8-15)16-13-7-6-10(3)11(4)12(13)5/h6-7,9,14,16H,8,15H2,1-5H3. The first-order valence-corrected chi connectivity index (χ1v) is 6.00. The van der Waals surface area contributed by atoms with Crippen molar-refractivity contribution in [1.82, 2.24) is 0 Å². The van der Waals surface area contributed by atoms with Crippen LogP contribution >= 0.6 is 0 Å². The molecule has 16 heavy (non-hydrogen) atoms. The molecule has 1 atom stereocenters. The number of benzene rings is 1. The fourth-order valence-corrected chi connectivity index (χ4v) is 1.81. The first-order chi connectivity index (χ1) is 7.47. The minimum absolute atomic E-state index is 0.348. The predicted molar refractivity (Wildman–Crippen MR) is 72.0 cm³/mol. The van der Waals surface area contributed by atoms with E-state index < -0.39 is 0 Å². The Hall–Kier alpha value is -1.02. The summed E-state index contributed by atoms with van der Waals surface area (Å²) in [6.07, 6.45) is 0. The molecule has 0 aromatic heterocycles. The van der Waals surface area contributed by atoms with E-state index in [0.717, 1.165) is 0 Å². The van der Waals surface area contributed by atoms with Crippen LogP contribution in [0.25, 0.3) is 0 Å². The van der Waals surface area contributed by atoms with E-state index in [-0.39, 0.29) is 0 Å². The van der Waals surface area contributed by atoms with Crippen molar-refractivity contribution in [3.8, 4) is 0 Å². The van der Waals surface area contributed by atoms with Gasteiger partial charge in [0.25, 0.3) is 0 Å². The number of hydrogen-bond donors (Lipinski definition) is 2. The van der Waals surface area contributed by atoms with Gasteiger partial charge in [-0.25, -0.2) is 0 Å². The topological polar surface area (TPSA) is 38.0 Å². The van der Waals surface area contributed by atoms with Crippen LogP contribution in [0.2, 0.25) is 0 Å². The fraction of sp³-hybridized carbons (Fsp3) is 0.571. The molecule has 0 spiro atoms. The minimum atomic E-state index is 0.348. The Bertz CT molecular complexity index is 356. The SMILES string of the molecule is Cc1ccc(NC(CN)C(C)C)c(C)c1C. The second-order valence-corrected chi connectivity index (χ2v) is 4.91. The van der Waals surface area contributed by atoms with Crippen molar-refractivity contribution in [2.45, 2.75) is 40.7 Å². The maximum atomic E-state index is 5.78. The lowest BCUT2D eigenvalue weighted by molar-refractivity contribution is 0.531. The highest BCUT2D eigenvalue weighted by Gasteiger charge is 2.12. The van der Waals surface area contributed by atoms with Crippen LogP contribution in [0, 0.1) is 26.7 Å². The van der Waals surface area contributed by atoms with Crippen molar-refractivity contribution in [2.24, 2.45) is 11.7 Å². The first kappa shape index (κ1) is 13.0. The van der Waals surface area contributed by atoms with Crippen LogP contribution in [0.5, 0.6) is 0 Å². The number of rotatable bonds is 4. The number of nitrogens with two attached hydrogens (primary N) is 1. The molecule has 1 rings (SSSR count). The number of hydrogen-bond acceptors (Lipinski definition) is 2. The van der Waals surface area contributed by atoms with Crippen molar-refractivity contribution in [1.29, 1.82) is 0 Å². The van der Waals surface area contributed by atoms with Gasteiger partial charge in [0.1, 0.15) is 0 Å². The Balaban J connectivity index is 2.93. The van der Waals surface area contributed by atoms with Gasteiger partial charge in [-0.3, -0.25) is 0 Å². The van der Waals surface area contributed by atoms with E-state index in [9.17, 15) is 0 Å². The zero-order valence-corrected chi connectivity index (χ0v) is 11.1. The molecule has 0 aliphatic rings. The summed E-state index contributed by atoms with van der Waals surface area (Å²) < 4.78 is 0. The molecule has 0 radical (unpaired) electrons. The Morgan fingerprint density at radius 3 is 2.25 bits per heavy atom. The summed E-state index contributed by atoms with van der Waals surface area (Å²) >= 11 is 0. The van der Waals surface area contributed by atoms with E-state index in [2.05, 4.69) is 52.1 Å². The summed E-state index contributed by atoms with van der Waals surface area (Å²) in [5.74, 6) is 0.547. The van der Waals surface area contributed by atoms with Crippen molar-refractivity contribution in [3.63, 3.8) is 0 Å². The first-order valence-electron chi connectivity index (χ1n) is 6.00. The molecule has 0 saturated heterocycles.